The van der Waals surface area contributed by atoms with Gasteiger partial charge in [0.25, 0.3) is 0 Å². The Morgan fingerprint density at radius 2 is 1.95 bits per heavy atom. The Morgan fingerprint density at radius 3 is 2.67 bits per heavy atom. The number of ether oxygens (including phenoxy) is 2. The summed E-state index contributed by atoms with van der Waals surface area (Å²) in [5, 5.41) is 3.52. The molecule has 0 aliphatic rings. The van der Waals surface area contributed by atoms with Crippen LogP contribution < -0.4 is 14.8 Å². The minimum Gasteiger partial charge on any atom is -0.494 e. The van der Waals surface area contributed by atoms with Crippen LogP contribution in [0.25, 0.3) is 0 Å². The zero-order valence-corrected chi connectivity index (χ0v) is 14.0. The van der Waals surface area contributed by atoms with Crippen LogP contribution in [0.1, 0.15) is 13.8 Å². The average Bonchev–Trinajstić information content (AvgIpc) is 2.47. The lowest BCUT2D eigenvalue weighted by Gasteiger charge is -2.14. The van der Waals surface area contributed by atoms with E-state index in [9.17, 15) is 0 Å². The Hall–Kier alpha value is -1.53. The Kier molecular flexibility index (Phi) is 5.64. The highest BCUT2D eigenvalue weighted by atomic mass is 79.9. The molecule has 0 aliphatic heterocycles. The van der Waals surface area contributed by atoms with Crippen molar-refractivity contribution in [3.8, 4) is 11.5 Å². The minimum atomic E-state index is 0.339. The summed E-state index contributed by atoms with van der Waals surface area (Å²) in [5.74, 6) is 2.02. The zero-order valence-electron chi connectivity index (χ0n) is 11.7. The molecule has 112 valence electrons. The molecular formula is C14H15BrClN3O2. The predicted octanol–water partition coefficient (Wildman–Crippen LogP) is 4.43. The molecule has 0 fully saturated rings. The summed E-state index contributed by atoms with van der Waals surface area (Å²) in [7, 11) is 0. The van der Waals surface area contributed by atoms with Crippen LogP contribution in [0.5, 0.6) is 11.5 Å². The third kappa shape index (κ3) is 3.98. The molecular weight excluding hydrogens is 358 g/mol. The summed E-state index contributed by atoms with van der Waals surface area (Å²) in [6.07, 6.45) is 1.39. The smallest absolute Gasteiger partial charge is 0.149 e. The SMILES string of the molecule is CCOc1ccc(OCC)c(Nc2ncnc(Cl)c2Br)c1. The molecule has 1 aromatic carbocycles. The number of rotatable bonds is 6. The molecule has 2 rings (SSSR count). The van der Waals surface area contributed by atoms with Crippen LogP contribution in [0.15, 0.2) is 29.0 Å². The van der Waals surface area contributed by atoms with Crippen molar-refractivity contribution in [3.63, 3.8) is 0 Å². The molecule has 1 aromatic heterocycles. The molecule has 0 unspecified atom stereocenters. The molecule has 0 radical (unpaired) electrons. The van der Waals surface area contributed by atoms with Gasteiger partial charge in [-0.25, -0.2) is 9.97 Å². The predicted molar refractivity (Wildman–Crippen MR) is 86.8 cm³/mol. The van der Waals surface area contributed by atoms with E-state index in [0.29, 0.717) is 34.4 Å². The quantitative estimate of drug-likeness (QED) is 0.760. The van der Waals surface area contributed by atoms with Gasteiger partial charge in [0.2, 0.25) is 0 Å². The second-order valence-corrected chi connectivity index (χ2v) is 5.13. The van der Waals surface area contributed by atoms with Gasteiger partial charge in [-0.05, 0) is 41.9 Å². The van der Waals surface area contributed by atoms with Crippen LogP contribution in [0.3, 0.4) is 0 Å². The van der Waals surface area contributed by atoms with Crippen LogP contribution in [-0.2, 0) is 0 Å². The van der Waals surface area contributed by atoms with Gasteiger partial charge in [-0.15, -0.1) is 0 Å². The van der Waals surface area contributed by atoms with Crippen molar-refractivity contribution in [2.75, 3.05) is 18.5 Å². The first-order chi connectivity index (χ1) is 10.2. The monoisotopic (exact) mass is 371 g/mol. The molecule has 0 atom stereocenters. The lowest BCUT2D eigenvalue weighted by Crippen LogP contribution is -2.01. The third-order valence-corrected chi connectivity index (χ3v) is 3.83. The van der Waals surface area contributed by atoms with Crippen LogP contribution in [0, 0.1) is 0 Å². The molecule has 0 saturated carbocycles. The molecule has 0 saturated heterocycles. The standard InChI is InChI=1S/C14H15BrClN3O2/c1-3-20-9-5-6-11(21-4-2)10(7-9)19-14-12(15)13(16)17-8-18-14/h5-8H,3-4H2,1-2H3,(H,17,18,19). The van der Waals surface area contributed by atoms with Crippen molar-refractivity contribution in [2.24, 2.45) is 0 Å². The summed E-state index contributed by atoms with van der Waals surface area (Å²) < 4.78 is 11.7. The van der Waals surface area contributed by atoms with Gasteiger partial charge in [-0.3, -0.25) is 0 Å². The van der Waals surface area contributed by atoms with Gasteiger partial charge in [-0.2, -0.15) is 0 Å². The van der Waals surface area contributed by atoms with E-state index < -0.39 is 0 Å². The maximum absolute atomic E-state index is 5.97. The van der Waals surface area contributed by atoms with Gasteiger partial charge in [-0.1, -0.05) is 11.6 Å². The lowest BCUT2D eigenvalue weighted by atomic mass is 10.2. The lowest BCUT2D eigenvalue weighted by molar-refractivity contribution is 0.332. The summed E-state index contributed by atoms with van der Waals surface area (Å²) in [6.45, 7) is 5.02. The maximum atomic E-state index is 5.97. The van der Waals surface area contributed by atoms with Crippen molar-refractivity contribution >= 4 is 39.0 Å². The van der Waals surface area contributed by atoms with Gasteiger partial charge in [0.1, 0.15) is 28.8 Å². The number of hydrogen-bond donors (Lipinski definition) is 1. The minimum absolute atomic E-state index is 0.339. The second-order valence-electron chi connectivity index (χ2n) is 3.98. The summed E-state index contributed by atoms with van der Waals surface area (Å²) in [6, 6.07) is 5.58. The topological polar surface area (TPSA) is 56.3 Å². The van der Waals surface area contributed by atoms with Gasteiger partial charge in [0.05, 0.1) is 23.4 Å². The van der Waals surface area contributed by atoms with Gasteiger partial charge in [0, 0.05) is 6.07 Å². The number of hydrogen-bond acceptors (Lipinski definition) is 5. The zero-order chi connectivity index (χ0) is 15.2. The van der Waals surface area contributed by atoms with Crippen LogP contribution in [0.4, 0.5) is 11.5 Å². The van der Waals surface area contributed by atoms with Crippen molar-refractivity contribution in [1.82, 2.24) is 9.97 Å². The molecule has 7 heteroatoms. The van der Waals surface area contributed by atoms with E-state index in [0.717, 1.165) is 11.4 Å². The van der Waals surface area contributed by atoms with Crippen molar-refractivity contribution < 1.29 is 9.47 Å². The summed E-state index contributed by atoms with van der Waals surface area (Å²) >= 11 is 9.33. The molecule has 1 heterocycles. The third-order valence-electron chi connectivity index (χ3n) is 2.56. The fourth-order valence-electron chi connectivity index (χ4n) is 1.71. The van der Waals surface area contributed by atoms with Gasteiger partial charge >= 0.3 is 0 Å². The molecule has 21 heavy (non-hydrogen) atoms. The number of aromatic nitrogens is 2. The van der Waals surface area contributed by atoms with E-state index in [1.165, 1.54) is 6.33 Å². The first-order valence-electron chi connectivity index (χ1n) is 6.48. The molecule has 0 aliphatic carbocycles. The largest absolute Gasteiger partial charge is 0.494 e. The van der Waals surface area contributed by atoms with E-state index >= 15 is 0 Å². The normalized spacial score (nSPS) is 10.3. The number of benzene rings is 1. The highest BCUT2D eigenvalue weighted by Crippen LogP contribution is 2.34. The first-order valence-corrected chi connectivity index (χ1v) is 7.65. The molecule has 0 bridgehead atoms. The van der Waals surface area contributed by atoms with E-state index in [1.54, 1.807) is 0 Å². The first kappa shape index (κ1) is 15.9. The Morgan fingerprint density at radius 1 is 1.19 bits per heavy atom. The van der Waals surface area contributed by atoms with Gasteiger partial charge < -0.3 is 14.8 Å². The molecule has 5 nitrogen and oxygen atoms in total. The average molecular weight is 373 g/mol. The summed E-state index contributed by atoms with van der Waals surface area (Å²) in [5.41, 5.74) is 0.748. The van der Waals surface area contributed by atoms with Crippen LogP contribution >= 0.6 is 27.5 Å². The fourth-order valence-corrected chi connectivity index (χ4v) is 2.14. The highest BCUT2D eigenvalue weighted by Gasteiger charge is 2.11. The van der Waals surface area contributed by atoms with Gasteiger partial charge in [0.15, 0.2) is 0 Å². The summed E-state index contributed by atoms with van der Waals surface area (Å²) in [4.78, 5) is 8.06. The van der Waals surface area contributed by atoms with Crippen molar-refractivity contribution in [1.29, 1.82) is 0 Å². The maximum Gasteiger partial charge on any atom is 0.149 e. The van der Waals surface area contributed by atoms with Crippen LogP contribution in [0.2, 0.25) is 5.15 Å². The molecule has 0 spiro atoms. The Labute approximate surface area is 136 Å². The van der Waals surface area contributed by atoms with Crippen molar-refractivity contribution in [3.05, 3.63) is 34.2 Å². The Bertz CT molecular complexity index is 625. The number of nitrogens with one attached hydrogen (secondary N) is 1. The fraction of sp³-hybridized carbons (Fsp3) is 0.286. The van der Waals surface area contributed by atoms with E-state index in [-0.39, 0.29) is 0 Å². The molecule has 2 aromatic rings. The number of halogens is 2. The molecule has 0 amide bonds. The van der Waals surface area contributed by atoms with E-state index in [1.807, 2.05) is 32.0 Å². The van der Waals surface area contributed by atoms with Crippen LogP contribution in [-0.4, -0.2) is 23.2 Å². The molecule has 1 N–H and O–H groups in total. The van der Waals surface area contributed by atoms with E-state index in [4.69, 9.17) is 21.1 Å². The Balaban J connectivity index is 2.35. The second kappa shape index (κ2) is 7.47. The number of nitrogens with zero attached hydrogens (tertiary/aromatic N) is 2. The number of anilines is 2. The van der Waals surface area contributed by atoms with E-state index in [2.05, 4.69) is 31.2 Å². The van der Waals surface area contributed by atoms with Crippen molar-refractivity contribution in [2.45, 2.75) is 13.8 Å². The highest BCUT2D eigenvalue weighted by molar-refractivity contribution is 9.10.